The number of nitro benzene ring substituents is 2. The Kier molecular flexibility index (Phi) is 50.9. The fourth-order valence-corrected chi connectivity index (χ4v) is 12.4. The van der Waals surface area contributed by atoms with Gasteiger partial charge in [0.2, 0.25) is 76.8 Å². The Balaban J connectivity index is 2.48. The van der Waals surface area contributed by atoms with Crippen LogP contribution in [0.4, 0.5) is 21.0 Å². The second-order valence-corrected chi connectivity index (χ2v) is 31.9. The quantitative estimate of drug-likeness (QED) is 0.0104. The predicted molar refractivity (Wildman–Crippen MR) is 466 cm³/mol. The third kappa shape index (κ3) is 45.4. The molecule has 0 unspecified atom stereocenters. The van der Waals surface area contributed by atoms with Crippen LogP contribution < -0.4 is 108 Å². The average molecular weight is 1860 g/mol. The molecule has 0 saturated carbocycles. The van der Waals surface area contributed by atoms with Gasteiger partial charge < -0.3 is 133 Å². The fraction of sp³-hybridized carbons (Fsp3) is 0.600. The number of para-hydroxylation sites is 2. The van der Waals surface area contributed by atoms with Crippen LogP contribution in [0.5, 0.6) is 0 Å². The number of carboxylic acids is 3. The van der Waals surface area contributed by atoms with E-state index < -0.39 is 264 Å². The zero-order valence-corrected chi connectivity index (χ0v) is 74.5. The number of rotatable bonds is 62. The number of hydrogen-bond donors (Lipinski definition) is 25. The van der Waals surface area contributed by atoms with Crippen LogP contribution >= 0.6 is 0 Å². The highest BCUT2D eigenvalue weighted by Crippen LogP contribution is 2.21. The predicted octanol–water partition coefficient (Wildman–Crippen LogP) is -2.83. The molecular formula is C80H126N24O27. The van der Waals surface area contributed by atoms with Crippen LogP contribution in [0.15, 0.2) is 48.5 Å². The molecule has 0 saturated heterocycles. The highest BCUT2D eigenvalue weighted by molar-refractivity contribution is 6.00. The van der Waals surface area contributed by atoms with Gasteiger partial charge in [-0.05, 0) is 141 Å². The first kappa shape index (κ1) is 113. The van der Waals surface area contributed by atoms with Gasteiger partial charge in [0.15, 0.2) is 11.9 Å². The van der Waals surface area contributed by atoms with Crippen LogP contribution in [0.3, 0.4) is 0 Å². The van der Waals surface area contributed by atoms with Crippen molar-refractivity contribution in [2.45, 2.75) is 263 Å². The zero-order chi connectivity index (χ0) is 98.9. The molecule has 0 fully saturated rings. The summed E-state index contributed by atoms with van der Waals surface area (Å²) in [6, 6.07) is -9.49. The summed E-state index contributed by atoms with van der Waals surface area (Å²) < 4.78 is 10.3. The number of nitrogens with one attached hydrogen (secondary N) is 18. The lowest BCUT2D eigenvalue weighted by Gasteiger charge is -2.28. The number of primary amides is 1. The van der Waals surface area contributed by atoms with E-state index in [2.05, 4.69) is 85.1 Å². The molecule has 2 aromatic carbocycles. The molecule has 51 nitrogen and oxygen atoms in total. The van der Waals surface area contributed by atoms with Gasteiger partial charge >= 0.3 is 30.1 Å². The van der Waals surface area contributed by atoms with Gasteiger partial charge in [-0.15, -0.1) is 0 Å². The Morgan fingerprint density at radius 2 is 0.702 bits per heavy atom. The molecule has 2 aromatic rings. The van der Waals surface area contributed by atoms with Crippen LogP contribution in [0.2, 0.25) is 0 Å². The molecule has 51 heteroatoms. The van der Waals surface area contributed by atoms with Crippen LogP contribution in [0.1, 0.15) is 183 Å². The van der Waals surface area contributed by atoms with Crippen molar-refractivity contribution >= 4 is 130 Å². The van der Waals surface area contributed by atoms with E-state index in [1.165, 1.54) is 76.2 Å². The first-order valence-corrected chi connectivity index (χ1v) is 42.3. The van der Waals surface area contributed by atoms with Gasteiger partial charge in [-0.25, -0.2) is 14.4 Å². The van der Waals surface area contributed by atoms with Crippen molar-refractivity contribution < 1.29 is 121 Å². The standard InChI is InChI=1S/C80H126N24O27/c1-41(2)36-55(99-64(110)44(7)91-68(114)50(23-15-17-33-90-80(125)131-40-48-21-11-13-27-59(48)104(128)129)94-67(113)49(81)22-14-16-32-89-79(124)130-39-47-20-10-12-26-58(47)103(126)127)74(120)96-52(25-19-35-88-78(85)86)70(116)95-51(24-18-34-87-77(83)84)71(117)97-53(28-30-60(82)105)72(118)98-54(29-31-61(106)107)69(115)92-46(9)66(112)102-63(43(5)6)75(121)100-56(38-62(108)109)73(119)93-45(8)65(111)101-57(76(122)123)37-42(3)4/h10-13,20-21,26-27,41-46,49-57,63H,14-19,22-25,28-40,81H2,1-9H3,(H2,82,105)(H,89,124)(H,90,125)(H,91,114)(H,92,115)(H,93,119)(H,94,113)(H,95,116)(H,96,120)(H,97,117)(H,98,118)(H,99,110)(H,100,121)(H,101,111)(H,102,112)(H,106,107)(H,108,109)(H,122,123)(H4,83,84,87)(H4,85,86,88)/t44-,45-,46-,49-,50-,51-,52-,53-,54-,55-,56-,57-,63-/m0/s1. The second kappa shape index (κ2) is 59.0. The number of carboxylic acid groups (broad SMARTS) is 3. The van der Waals surface area contributed by atoms with E-state index in [1.54, 1.807) is 27.7 Å². The SMILES string of the molecule is CC(C)C[C@H](NC(=O)[C@H](C)NC(=O)[C@H](CC(=O)O)NC(=O)[C@@H](NC(=O)[C@H](C)NC(=O)[C@H](CCC(=O)O)NC(=O)[C@H](CCC(N)=O)NC(=O)[C@H](CCCNC(=N)N)NC(=O)[C@H](CCCNC(=N)N)NC(=O)[C@H](CC(C)C)NC(=O)[C@H](C)NC(=O)[C@H](CCCCNC(=O)OCc1ccccc1[N+](=O)[O-])NC(=O)[C@@H](N)CCCCNC(=O)OCc1ccccc1[N+](=O)[O-])C(C)C)C(=O)O. The minimum Gasteiger partial charge on any atom is -0.481 e. The van der Waals surface area contributed by atoms with Gasteiger partial charge in [0, 0.05) is 51.2 Å². The van der Waals surface area contributed by atoms with E-state index in [9.17, 15) is 122 Å². The number of aliphatic carboxylic acids is 3. The monoisotopic (exact) mass is 1850 g/mol. The number of nitrogens with zero attached hydrogens (tertiary/aromatic N) is 2. The number of nitro groups is 2. The number of amides is 15. The summed E-state index contributed by atoms with van der Waals surface area (Å²) >= 11 is 0. The normalized spacial score (nSPS) is 13.9. The summed E-state index contributed by atoms with van der Waals surface area (Å²) in [6.45, 7) is 12.1. The van der Waals surface area contributed by atoms with Crippen molar-refractivity contribution in [2.24, 2.45) is 40.7 Å². The van der Waals surface area contributed by atoms with Crippen LogP contribution in [-0.2, 0) is 99.4 Å². The number of unbranched alkanes of at least 4 members (excludes halogenated alkanes) is 2. The van der Waals surface area contributed by atoms with Crippen molar-refractivity contribution in [2.75, 3.05) is 26.2 Å². The Labute approximate surface area is 754 Å². The summed E-state index contributed by atoms with van der Waals surface area (Å²) in [6.07, 6.45) is -5.91. The molecular weight excluding hydrogens is 1730 g/mol. The van der Waals surface area contributed by atoms with Gasteiger partial charge in [0.05, 0.1) is 33.4 Å². The smallest absolute Gasteiger partial charge is 0.407 e. The Morgan fingerprint density at radius 3 is 1.08 bits per heavy atom. The molecule has 0 aromatic heterocycles. The highest BCUT2D eigenvalue weighted by atomic mass is 16.6. The molecule has 131 heavy (non-hydrogen) atoms. The van der Waals surface area contributed by atoms with E-state index in [0.717, 1.165) is 6.92 Å². The Morgan fingerprint density at radius 1 is 0.374 bits per heavy atom. The molecule has 0 bridgehead atoms. The summed E-state index contributed by atoms with van der Waals surface area (Å²) in [7, 11) is 0. The number of hydrogen-bond acceptors (Lipinski definition) is 27. The lowest BCUT2D eigenvalue weighted by atomic mass is 10.0. The average Bonchev–Trinajstić information content (AvgIpc) is 0.842. The van der Waals surface area contributed by atoms with E-state index in [-0.39, 0.29) is 132 Å². The first-order valence-electron chi connectivity index (χ1n) is 42.3. The van der Waals surface area contributed by atoms with Gasteiger partial charge in [0.1, 0.15) is 85.7 Å². The third-order valence-electron chi connectivity index (χ3n) is 19.5. The minimum absolute atomic E-state index is 0.0139. The highest BCUT2D eigenvalue weighted by Gasteiger charge is 2.38. The van der Waals surface area contributed by atoms with Crippen molar-refractivity contribution in [1.29, 1.82) is 10.8 Å². The molecule has 0 heterocycles. The number of alkyl carbamates (subject to hydrolysis) is 2. The number of guanidine groups is 2. The number of nitrogens with two attached hydrogens (primary N) is 4. The molecule has 0 aliphatic heterocycles. The number of carbonyl (C=O) groups excluding carboxylic acids is 15. The largest absolute Gasteiger partial charge is 0.481 e. The zero-order valence-electron chi connectivity index (χ0n) is 74.5. The Bertz CT molecular complexity index is 4310. The maximum absolute atomic E-state index is 14.8. The van der Waals surface area contributed by atoms with E-state index in [1.807, 2.05) is 0 Å². The number of benzene rings is 2. The summed E-state index contributed by atoms with van der Waals surface area (Å²) in [5, 5.41) is 106. The van der Waals surface area contributed by atoms with Gasteiger partial charge in [-0.1, -0.05) is 65.8 Å². The molecule has 0 aliphatic rings. The van der Waals surface area contributed by atoms with E-state index >= 15 is 0 Å². The second-order valence-electron chi connectivity index (χ2n) is 31.9. The summed E-state index contributed by atoms with van der Waals surface area (Å²) in [5.74, 6) is -20.8. The van der Waals surface area contributed by atoms with Gasteiger partial charge in [0.25, 0.3) is 11.4 Å². The Hall–Kier alpha value is -14.2. The van der Waals surface area contributed by atoms with Gasteiger partial charge in [-0.3, -0.25) is 103 Å². The molecule has 0 aliphatic carbocycles. The van der Waals surface area contributed by atoms with Crippen molar-refractivity contribution in [3.63, 3.8) is 0 Å². The van der Waals surface area contributed by atoms with Crippen LogP contribution in [0.25, 0.3) is 0 Å². The number of ether oxygens (including phenoxy) is 2. The third-order valence-corrected chi connectivity index (χ3v) is 19.5. The molecule has 0 spiro atoms. The van der Waals surface area contributed by atoms with Crippen molar-refractivity contribution in [3.8, 4) is 0 Å². The molecule has 13 atom stereocenters. The topological polar surface area (TPSA) is 817 Å². The van der Waals surface area contributed by atoms with Crippen molar-refractivity contribution in [1.82, 2.24) is 85.1 Å². The summed E-state index contributed by atoms with van der Waals surface area (Å²) in [5.41, 5.74) is 22.6. The van der Waals surface area contributed by atoms with E-state index in [0.29, 0.717) is 0 Å². The minimum atomic E-state index is -1.89. The molecule has 2 rings (SSSR count). The lowest BCUT2D eigenvalue weighted by molar-refractivity contribution is -0.386. The molecule has 0 radical (unpaired) electrons. The lowest BCUT2D eigenvalue weighted by Crippen LogP contribution is -2.61. The first-order chi connectivity index (χ1) is 61.5. The maximum atomic E-state index is 14.8. The maximum Gasteiger partial charge on any atom is 0.407 e. The molecule has 29 N–H and O–H groups in total. The fourth-order valence-electron chi connectivity index (χ4n) is 12.4. The molecule has 728 valence electrons. The number of carbonyl (C=O) groups is 18. The summed E-state index contributed by atoms with van der Waals surface area (Å²) in [4.78, 5) is 264. The molecule has 15 amide bonds. The van der Waals surface area contributed by atoms with E-state index in [4.69, 9.17) is 43.2 Å². The van der Waals surface area contributed by atoms with Crippen LogP contribution in [-0.4, -0.2) is 249 Å². The van der Waals surface area contributed by atoms with Crippen LogP contribution in [0, 0.1) is 48.8 Å². The van der Waals surface area contributed by atoms with Crippen molar-refractivity contribution in [3.05, 3.63) is 79.9 Å². The van der Waals surface area contributed by atoms with Gasteiger partial charge in [-0.2, -0.15) is 0 Å².